The minimum Gasteiger partial charge on any atom is -0.207 e. The Kier molecular flexibility index (Phi) is 3.20. The topological polar surface area (TPSA) is 0 Å². The molecule has 0 saturated heterocycles. The number of hydrogen-bond donors (Lipinski definition) is 0. The lowest BCUT2D eigenvalue weighted by molar-refractivity contribution is 0.625. The van der Waals surface area contributed by atoms with Gasteiger partial charge in [-0.15, -0.1) is 11.6 Å². The van der Waals surface area contributed by atoms with Gasteiger partial charge in [-0.25, -0.2) is 8.78 Å². The molecule has 0 N–H and O–H groups in total. The van der Waals surface area contributed by atoms with Gasteiger partial charge in [0.2, 0.25) is 0 Å². The summed E-state index contributed by atoms with van der Waals surface area (Å²) in [4.78, 5) is 0. The first-order valence-corrected chi connectivity index (χ1v) is 5.34. The van der Waals surface area contributed by atoms with Gasteiger partial charge < -0.3 is 0 Å². The summed E-state index contributed by atoms with van der Waals surface area (Å²) in [5, 5.41) is 0. The van der Waals surface area contributed by atoms with Gasteiger partial charge in [-0.1, -0.05) is 12.1 Å². The average Bonchev–Trinajstić information content (AvgIpc) is 2.28. The van der Waals surface area contributed by atoms with E-state index in [4.69, 9.17) is 11.6 Å². The highest BCUT2D eigenvalue weighted by atomic mass is 35.5. The van der Waals surface area contributed by atoms with Crippen LogP contribution in [-0.4, -0.2) is 0 Å². The van der Waals surface area contributed by atoms with E-state index in [1.54, 1.807) is 18.2 Å². The van der Waals surface area contributed by atoms with Crippen LogP contribution in [0, 0.1) is 11.6 Å². The smallest absolute Gasteiger partial charge is 0.124 e. The number of rotatable bonds is 2. The molecule has 0 radical (unpaired) electrons. The fourth-order valence-corrected chi connectivity index (χ4v) is 1.72. The van der Waals surface area contributed by atoms with Gasteiger partial charge in [0.15, 0.2) is 0 Å². The normalized spacial score (nSPS) is 10.4. The summed E-state index contributed by atoms with van der Waals surface area (Å²) >= 11 is 5.65. The lowest BCUT2D eigenvalue weighted by atomic mass is 10.0. The van der Waals surface area contributed by atoms with Gasteiger partial charge in [-0.2, -0.15) is 0 Å². The summed E-state index contributed by atoms with van der Waals surface area (Å²) in [5.41, 5.74) is 1.96. The zero-order valence-electron chi connectivity index (χ0n) is 8.38. The Labute approximate surface area is 97.5 Å². The van der Waals surface area contributed by atoms with Crippen LogP contribution in [0.4, 0.5) is 8.78 Å². The van der Waals surface area contributed by atoms with Crippen LogP contribution in [0.25, 0.3) is 11.1 Å². The van der Waals surface area contributed by atoms with Crippen LogP contribution in [0.2, 0.25) is 0 Å². The van der Waals surface area contributed by atoms with Crippen molar-refractivity contribution in [2.45, 2.75) is 5.88 Å². The molecule has 0 unspecified atom stereocenters. The summed E-state index contributed by atoms with van der Waals surface area (Å²) in [6, 6.07) is 10.5. The second-order valence-electron chi connectivity index (χ2n) is 3.49. The molecule has 0 amide bonds. The Balaban J connectivity index is 2.51. The second kappa shape index (κ2) is 4.62. The van der Waals surface area contributed by atoms with Crippen LogP contribution in [0.3, 0.4) is 0 Å². The van der Waals surface area contributed by atoms with Crippen molar-refractivity contribution in [3.05, 3.63) is 59.7 Å². The zero-order valence-corrected chi connectivity index (χ0v) is 9.14. The molecule has 0 heterocycles. The third-order valence-electron chi connectivity index (χ3n) is 2.27. The molecule has 0 aliphatic carbocycles. The van der Waals surface area contributed by atoms with Gasteiger partial charge in [0, 0.05) is 5.88 Å². The first-order chi connectivity index (χ1) is 7.69. The highest BCUT2D eigenvalue weighted by Crippen LogP contribution is 2.23. The third-order valence-corrected chi connectivity index (χ3v) is 2.58. The zero-order chi connectivity index (χ0) is 11.5. The van der Waals surface area contributed by atoms with Gasteiger partial charge in [-0.3, -0.25) is 0 Å². The molecule has 3 heteroatoms. The number of halogens is 3. The molecular weight excluding hydrogens is 230 g/mol. The van der Waals surface area contributed by atoms with Gasteiger partial charge in [0.05, 0.1) is 0 Å². The number of benzene rings is 2. The van der Waals surface area contributed by atoms with Crippen molar-refractivity contribution in [3.8, 4) is 11.1 Å². The minimum absolute atomic E-state index is 0.236. The molecule has 2 aromatic carbocycles. The Morgan fingerprint density at radius 3 is 2.31 bits per heavy atom. The van der Waals surface area contributed by atoms with Crippen LogP contribution in [-0.2, 0) is 5.88 Å². The van der Waals surface area contributed by atoms with Crippen molar-refractivity contribution < 1.29 is 8.78 Å². The predicted molar refractivity (Wildman–Crippen MR) is 61.4 cm³/mol. The maximum Gasteiger partial charge on any atom is 0.124 e. The van der Waals surface area contributed by atoms with Crippen molar-refractivity contribution in [1.29, 1.82) is 0 Å². The van der Waals surface area contributed by atoms with E-state index in [0.29, 0.717) is 16.7 Å². The SMILES string of the molecule is Fc1cccc(-c2cc(F)cc(CCl)c2)c1. The Hall–Kier alpha value is -1.41. The Bertz CT molecular complexity index is 509. The van der Waals surface area contributed by atoms with E-state index in [1.165, 1.54) is 24.3 Å². The first kappa shape index (κ1) is 11.1. The Morgan fingerprint density at radius 2 is 1.62 bits per heavy atom. The van der Waals surface area contributed by atoms with Crippen LogP contribution in [0.5, 0.6) is 0 Å². The molecule has 0 aliphatic rings. The third kappa shape index (κ3) is 2.39. The number of alkyl halides is 1. The maximum absolute atomic E-state index is 13.2. The molecule has 2 rings (SSSR count). The molecule has 2 aromatic rings. The van der Waals surface area contributed by atoms with Crippen LogP contribution >= 0.6 is 11.6 Å². The summed E-state index contributed by atoms with van der Waals surface area (Å²) < 4.78 is 26.3. The van der Waals surface area contributed by atoms with E-state index in [9.17, 15) is 8.78 Å². The van der Waals surface area contributed by atoms with Crippen LogP contribution in [0.15, 0.2) is 42.5 Å². The molecule has 82 valence electrons. The van der Waals surface area contributed by atoms with E-state index in [-0.39, 0.29) is 17.5 Å². The molecule has 0 bridgehead atoms. The standard InChI is InChI=1S/C13H9ClF2/c14-8-9-4-11(7-13(16)5-9)10-2-1-3-12(15)6-10/h1-7H,8H2. The molecule has 0 saturated carbocycles. The fraction of sp³-hybridized carbons (Fsp3) is 0.0769. The van der Waals surface area contributed by atoms with Gasteiger partial charge >= 0.3 is 0 Å². The van der Waals surface area contributed by atoms with Crippen molar-refractivity contribution in [1.82, 2.24) is 0 Å². The fourth-order valence-electron chi connectivity index (χ4n) is 1.56. The van der Waals surface area contributed by atoms with Gasteiger partial charge in [-0.05, 0) is 47.0 Å². The molecular formula is C13H9ClF2. The highest BCUT2D eigenvalue weighted by Gasteiger charge is 2.03. The Morgan fingerprint density at radius 1 is 0.875 bits per heavy atom. The minimum atomic E-state index is -0.364. The molecule has 0 atom stereocenters. The lowest BCUT2D eigenvalue weighted by Crippen LogP contribution is -1.86. The van der Waals surface area contributed by atoms with E-state index >= 15 is 0 Å². The molecule has 0 aromatic heterocycles. The molecule has 0 spiro atoms. The van der Waals surface area contributed by atoms with Crippen molar-refractivity contribution in [3.63, 3.8) is 0 Å². The average molecular weight is 239 g/mol. The molecule has 0 fully saturated rings. The lowest BCUT2D eigenvalue weighted by Gasteiger charge is -2.04. The van der Waals surface area contributed by atoms with Crippen molar-refractivity contribution in [2.75, 3.05) is 0 Å². The van der Waals surface area contributed by atoms with Crippen LogP contribution < -0.4 is 0 Å². The van der Waals surface area contributed by atoms with E-state index in [1.807, 2.05) is 0 Å². The van der Waals surface area contributed by atoms with E-state index < -0.39 is 0 Å². The van der Waals surface area contributed by atoms with Gasteiger partial charge in [0.25, 0.3) is 0 Å². The van der Waals surface area contributed by atoms with Crippen molar-refractivity contribution >= 4 is 11.6 Å². The van der Waals surface area contributed by atoms with E-state index in [0.717, 1.165) is 0 Å². The van der Waals surface area contributed by atoms with Gasteiger partial charge in [0.1, 0.15) is 11.6 Å². The molecule has 0 aliphatic heterocycles. The summed E-state index contributed by atoms with van der Waals surface area (Å²) in [6.07, 6.45) is 0. The van der Waals surface area contributed by atoms with E-state index in [2.05, 4.69) is 0 Å². The monoisotopic (exact) mass is 238 g/mol. The first-order valence-electron chi connectivity index (χ1n) is 4.80. The number of hydrogen-bond acceptors (Lipinski definition) is 0. The molecule has 16 heavy (non-hydrogen) atoms. The summed E-state index contributed by atoms with van der Waals surface area (Å²) in [7, 11) is 0. The summed E-state index contributed by atoms with van der Waals surface area (Å²) in [5.74, 6) is -0.466. The largest absolute Gasteiger partial charge is 0.207 e. The summed E-state index contributed by atoms with van der Waals surface area (Å²) in [6.45, 7) is 0. The van der Waals surface area contributed by atoms with Crippen molar-refractivity contribution in [2.24, 2.45) is 0 Å². The molecule has 0 nitrogen and oxygen atoms in total. The maximum atomic E-state index is 13.2. The highest BCUT2D eigenvalue weighted by molar-refractivity contribution is 6.17. The second-order valence-corrected chi connectivity index (χ2v) is 3.76. The quantitative estimate of drug-likeness (QED) is 0.682. The predicted octanol–water partition coefficient (Wildman–Crippen LogP) is 4.37. The van der Waals surface area contributed by atoms with Crippen LogP contribution in [0.1, 0.15) is 5.56 Å².